The number of rotatable bonds is 11. The molecule has 2 aromatic carbocycles. The minimum Gasteiger partial charge on any atom is -0.507 e. The number of benzene rings is 2. The van der Waals surface area contributed by atoms with Gasteiger partial charge in [-0.1, -0.05) is 25.8 Å². The van der Waals surface area contributed by atoms with Gasteiger partial charge in [0, 0.05) is 5.56 Å². The van der Waals surface area contributed by atoms with Crippen LogP contribution in [0.1, 0.15) is 56.0 Å². The molecule has 0 radical (unpaired) electrons. The van der Waals surface area contributed by atoms with Crippen molar-refractivity contribution in [3.8, 4) is 23.0 Å². The Balaban J connectivity index is 1.58. The summed E-state index contributed by atoms with van der Waals surface area (Å²) in [7, 11) is 0. The maximum Gasteiger partial charge on any atom is 0.296 e. The van der Waals surface area contributed by atoms with Gasteiger partial charge >= 0.3 is 0 Å². The van der Waals surface area contributed by atoms with Gasteiger partial charge in [0.2, 0.25) is 0 Å². The lowest BCUT2D eigenvalue weighted by molar-refractivity contribution is -0.140. The molecule has 0 aliphatic carbocycles. The van der Waals surface area contributed by atoms with Gasteiger partial charge in [-0.2, -0.15) is 0 Å². The van der Waals surface area contributed by atoms with Crippen LogP contribution in [0.5, 0.6) is 23.0 Å². The predicted octanol–water partition coefficient (Wildman–Crippen LogP) is 5.64. The van der Waals surface area contributed by atoms with Gasteiger partial charge in [-0.3, -0.25) is 9.59 Å². The zero-order chi connectivity index (χ0) is 28.1. The highest BCUT2D eigenvalue weighted by molar-refractivity contribution is 6.46. The summed E-state index contributed by atoms with van der Waals surface area (Å²) in [6.45, 7) is 5.80. The molecule has 1 saturated heterocycles. The van der Waals surface area contributed by atoms with Crippen LogP contribution in [0.3, 0.4) is 0 Å². The van der Waals surface area contributed by atoms with Gasteiger partial charge in [0.05, 0.1) is 37.6 Å². The first-order valence-corrected chi connectivity index (χ1v) is 13.6. The van der Waals surface area contributed by atoms with Crippen LogP contribution in [-0.2, 0) is 16.1 Å². The van der Waals surface area contributed by atoms with Crippen LogP contribution in [0, 0.1) is 0 Å². The van der Waals surface area contributed by atoms with Crippen molar-refractivity contribution >= 4 is 17.4 Å². The Bertz CT molecular complexity index is 1390. The topological polar surface area (TPSA) is 108 Å². The molecule has 1 amide bonds. The molecule has 40 heavy (non-hydrogen) atoms. The van der Waals surface area contributed by atoms with Gasteiger partial charge in [0.15, 0.2) is 23.0 Å². The number of Topliss-reactive ketones (excluding diaryl/α,β-unsaturated/α-hetero) is 1. The molecule has 3 aromatic rings. The third-order valence-electron chi connectivity index (χ3n) is 6.85. The Morgan fingerprint density at radius 3 is 2.55 bits per heavy atom. The fourth-order valence-corrected chi connectivity index (χ4v) is 4.92. The molecule has 0 bridgehead atoms. The third-order valence-corrected chi connectivity index (χ3v) is 6.85. The van der Waals surface area contributed by atoms with Crippen molar-refractivity contribution in [3.63, 3.8) is 0 Å². The second-order valence-electron chi connectivity index (χ2n) is 9.56. The number of furan rings is 1. The van der Waals surface area contributed by atoms with E-state index >= 15 is 0 Å². The minimum absolute atomic E-state index is 0.0349. The van der Waals surface area contributed by atoms with Crippen LogP contribution in [0.25, 0.3) is 5.76 Å². The summed E-state index contributed by atoms with van der Waals surface area (Å²) in [5.41, 5.74) is 0.896. The van der Waals surface area contributed by atoms with E-state index in [1.165, 1.54) is 11.2 Å². The SMILES string of the molecule is CCCCCOc1ccc(C2C(=C(O)c3ccc4c(c3)OCCO4)C(=O)C(=O)N2Cc2ccco2)cc1OCC. The lowest BCUT2D eigenvalue weighted by Crippen LogP contribution is -2.29. The van der Waals surface area contributed by atoms with Gasteiger partial charge in [-0.25, -0.2) is 0 Å². The average Bonchev–Trinajstić information content (AvgIpc) is 3.58. The first kappa shape index (κ1) is 27.2. The molecule has 5 rings (SSSR count). The van der Waals surface area contributed by atoms with Gasteiger partial charge in [0.1, 0.15) is 24.7 Å². The highest BCUT2D eigenvalue weighted by Gasteiger charge is 2.46. The quantitative estimate of drug-likeness (QED) is 0.142. The van der Waals surface area contributed by atoms with Crippen LogP contribution < -0.4 is 18.9 Å². The zero-order valence-electron chi connectivity index (χ0n) is 22.7. The molecule has 2 aliphatic rings. The third kappa shape index (κ3) is 5.50. The Hall–Kier alpha value is -4.40. The van der Waals surface area contributed by atoms with Gasteiger partial charge in [-0.15, -0.1) is 0 Å². The number of nitrogens with zero attached hydrogens (tertiary/aromatic N) is 1. The van der Waals surface area contributed by atoms with Crippen molar-refractivity contribution in [2.45, 2.75) is 45.7 Å². The monoisotopic (exact) mass is 547 g/mol. The lowest BCUT2D eigenvalue weighted by atomic mass is 9.94. The van der Waals surface area contributed by atoms with Crippen molar-refractivity contribution in [1.29, 1.82) is 0 Å². The van der Waals surface area contributed by atoms with Crippen molar-refractivity contribution in [2.75, 3.05) is 26.4 Å². The number of ether oxygens (including phenoxy) is 4. The number of amides is 1. The molecule has 210 valence electrons. The molecule has 1 atom stereocenters. The van der Waals surface area contributed by atoms with E-state index in [0.717, 1.165) is 19.3 Å². The molecular formula is C31H33NO8. The van der Waals surface area contributed by atoms with E-state index in [4.69, 9.17) is 23.4 Å². The summed E-state index contributed by atoms with van der Waals surface area (Å²) in [5, 5.41) is 11.5. The molecule has 1 fully saturated rings. The molecule has 1 N–H and O–H groups in total. The number of unbranched alkanes of at least 4 members (excludes halogenated alkanes) is 2. The smallest absolute Gasteiger partial charge is 0.296 e. The second-order valence-corrected chi connectivity index (χ2v) is 9.56. The number of carbonyl (C=O) groups excluding carboxylic acids is 2. The summed E-state index contributed by atoms with van der Waals surface area (Å²) >= 11 is 0. The minimum atomic E-state index is -0.897. The Labute approximate surface area is 232 Å². The summed E-state index contributed by atoms with van der Waals surface area (Å²) < 4.78 is 28.6. The van der Waals surface area contributed by atoms with Crippen molar-refractivity contribution in [1.82, 2.24) is 4.90 Å². The highest BCUT2D eigenvalue weighted by Crippen LogP contribution is 2.43. The molecule has 0 saturated carbocycles. The number of aliphatic hydroxyl groups is 1. The second kappa shape index (κ2) is 12.2. The fraction of sp³-hybridized carbons (Fsp3) is 0.355. The van der Waals surface area contributed by atoms with Crippen LogP contribution in [0.2, 0.25) is 0 Å². The van der Waals surface area contributed by atoms with Crippen LogP contribution >= 0.6 is 0 Å². The first-order valence-electron chi connectivity index (χ1n) is 13.6. The summed E-state index contributed by atoms with van der Waals surface area (Å²) in [5.74, 6) is 0.761. The van der Waals surface area contributed by atoms with E-state index in [2.05, 4.69) is 6.92 Å². The summed E-state index contributed by atoms with van der Waals surface area (Å²) in [6.07, 6.45) is 4.57. The highest BCUT2D eigenvalue weighted by atomic mass is 16.6. The van der Waals surface area contributed by atoms with E-state index < -0.39 is 17.7 Å². The molecule has 1 aromatic heterocycles. The number of hydrogen-bond donors (Lipinski definition) is 1. The van der Waals surface area contributed by atoms with E-state index in [9.17, 15) is 14.7 Å². The Morgan fingerprint density at radius 2 is 1.80 bits per heavy atom. The first-order chi connectivity index (χ1) is 19.5. The molecule has 2 aliphatic heterocycles. The van der Waals surface area contributed by atoms with E-state index in [1.54, 1.807) is 48.5 Å². The van der Waals surface area contributed by atoms with E-state index in [0.29, 0.717) is 66.3 Å². The zero-order valence-corrected chi connectivity index (χ0v) is 22.7. The summed E-state index contributed by atoms with van der Waals surface area (Å²) in [6, 6.07) is 12.8. The Morgan fingerprint density at radius 1 is 0.975 bits per heavy atom. The van der Waals surface area contributed by atoms with Crippen molar-refractivity contribution in [2.24, 2.45) is 0 Å². The molecular weight excluding hydrogens is 514 g/mol. The fourth-order valence-electron chi connectivity index (χ4n) is 4.92. The maximum absolute atomic E-state index is 13.5. The Kier molecular flexibility index (Phi) is 8.28. The lowest BCUT2D eigenvalue weighted by Gasteiger charge is -2.25. The number of ketones is 1. The van der Waals surface area contributed by atoms with E-state index in [-0.39, 0.29) is 17.9 Å². The van der Waals surface area contributed by atoms with Crippen molar-refractivity contribution < 1.29 is 38.1 Å². The van der Waals surface area contributed by atoms with Crippen LogP contribution in [-0.4, -0.2) is 48.1 Å². The van der Waals surface area contributed by atoms with Gasteiger partial charge in [-0.05, 0) is 61.4 Å². The number of likely N-dealkylation sites (tertiary alicyclic amines) is 1. The maximum atomic E-state index is 13.5. The largest absolute Gasteiger partial charge is 0.507 e. The molecule has 9 nitrogen and oxygen atoms in total. The normalized spacial score (nSPS) is 17.8. The standard InChI is InChI=1S/C31H33NO8/c1-3-5-6-13-38-23-11-9-20(17-25(23)36-4-2)28-27(30(34)31(35)32(28)19-22-8-7-14-37-22)29(33)21-10-12-24-26(18-21)40-16-15-39-24/h7-12,14,17-18,28,33H,3-6,13,15-16,19H2,1-2H3. The molecule has 1 unspecified atom stereocenters. The van der Waals surface area contributed by atoms with Crippen LogP contribution in [0.4, 0.5) is 0 Å². The number of aliphatic hydroxyl groups excluding tert-OH is 1. The molecule has 9 heteroatoms. The van der Waals surface area contributed by atoms with Gasteiger partial charge in [0.25, 0.3) is 11.7 Å². The number of carbonyl (C=O) groups is 2. The number of hydrogen-bond acceptors (Lipinski definition) is 8. The van der Waals surface area contributed by atoms with Gasteiger partial charge < -0.3 is 33.4 Å². The molecule has 0 spiro atoms. The number of fused-ring (bicyclic) bond motifs is 1. The summed E-state index contributed by atoms with van der Waals surface area (Å²) in [4.78, 5) is 28.2. The predicted molar refractivity (Wildman–Crippen MR) is 147 cm³/mol. The average molecular weight is 548 g/mol. The van der Waals surface area contributed by atoms with Crippen LogP contribution in [0.15, 0.2) is 64.8 Å². The molecule has 3 heterocycles. The van der Waals surface area contributed by atoms with Crippen molar-refractivity contribution in [3.05, 3.63) is 77.3 Å². The van der Waals surface area contributed by atoms with E-state index in [1.807, 2.05) is 6.92 Å².